The number of hydrogen-bond acceptors (Lipinski definition) is 7. The number of nitro benzene ring substituents is 1. The van der Waals surface area contributed by atoms with Crippen LogP contribution in [-0.4, -0.2) is 51.5 Å². The summed E-state index contributed by atoms with van der Waals surface area (Å²) in [5, 5.41) is 14.3. The zero-order valence-electron chi connectivity index (χ0n) is 17.4. The maximum absolute atomic E-state index is 13.0. The fourth-order valence-electron chi connectivity index (χ4n) is 3.68. The number of nitrogens with one attached hydrogen (secondary N) is 1. The van der Waals surface area contributed by atoms with Gasteiger partial charge < -0.3 is 19.7 Å². The molecule has 2 atom stereocenters. The van der Waals surface area contributed by atoms with E-state index in [0.717, 1.165) is 12.8 Å². The minimum Gasteiger partial charge on any atom is -0.490 e. The van der Waals surface area contributed by atoms with Crippen LogP contribution < -0.4 is 14.8 Å². The van der Waals surface area contributed by atoms with Crippen molar-refractivity contribution in [2.75, 3.05) is 24.3 Å². The standard InChI is InChI=1S/C20H27N3O6S/c1-4-8-28-16-10-13(14(23(26)27)11-17(16)29-9-5-2)21-19(25)15-12-30-20(3)7-6-18(24)22(15)20/h10-11,15H,4-9,12H2,1-3H3,(H,21,25). The molecule has 1 N–H and O–H groups in total. The van der Waals surface area contributed by atoms with E-state index in [4.69, 9.17) is 9.47 Å². The van der Waals surface area contributed by atoms with Crippen molar-refractivity contribution < 1.29 is 24.0 Å². The molecule has 2 saturated heterocycles. The van der Waals surface area contributed by atoms with Crippen LogP contribution in [0, 0.1) is 10.1 Å². The molecule has 1 aromatic carbocycles. The minimum absolute atomic E-state index is 0.0326. The molecule has 0 aliphatic carbocycles. The van der Waals surface area contributed by atoms with Crippen molar-refractivity contribution >= 4 is 35.0 Å². The van der Waals surface area contributed by atoms with Crippen molar-refractivity contribution in [1.82, 2.24) is 4.90 Å². The average Bonchev–Trinajstić information content (AvgIpc) is 3.20. The molecule has 10 heteroatoms. The van der Waals surface area contributed by atoms with E-state index in [1.54, 1.807) is 16.7 Å². The summed E-state index contributed by atoms with van der Waals surface area (Å²) in [7, 11) is 0. The second-order valence-corrected chi connectivity index (χ2v) is 9.03. The molecule has 0 bridgehead atoms. The molecule has 0 spiro atoms. The zero-order valence-corrected chi connectivity index (χ0v) is 18.3. The summed E-state index contributed by atoms with van der Waals surface area (Å²) in [5.74, 6) is 0.571. The maximum Gasteiger partial charge on any atom is 0.296 e. The highest BCUT2D eigenvalue weighted by Gasteiger charge is 2.53. The number of rotatable bonds is 9. The quantitative estimate of drug-likeness (QED) is 0.464. The Balaban J connectivity index is 1.89. The number of anilines is 1. The van der Waals surface area contributed by atoms with Crippen LogP contribution in [0.3, 0.4) is 0 Å². The van der Waals surface area contributed by atoms with E-state index in [2.05, 4.69) is 5.32 Å². The Kier molecular flexibility index (Phi) is 6.74. The van der Waals surface area contributed by atoms with E-state index >= 15 is 0 Å². The Morgan fingerprint density at radius 3 is 2.53 bits per heavy atom. The lowest BCUT2D eigenvalue weighted by Gasteiger charge is -2.29. The van der Waals surface area contributed by atoms with Gasteiger partial charge in [-0.3, -0.25) is 19.7 Å². The number of fused-ring (bicyclic) bond motifs is 1. The molecule has 30 heavy (non-hydrogen) atoms. The van der Waals surface area contributed by atoms with Gasteiger partial charge in [-0.1, -0.05) is 13.8 Å². The molecule has 0 saturated carbocycles. The first kappa shape index (κ1) is 22.2. The fourth-order valence-corrected chi connectivity index (χ4v) is 5.11. The normalized spacial score (nSPS) is 22.7. The number of carbonyl (C=O) groups excluding carboxylic acids is 2. The van der Waals surface area contributed by atoms with Gasteiger partial charge in [0.15, 0.2) is 11.5 Å². The smallest absolute Gasteiger partial charge is 0.296 e. The van der Waals surface area contributed by atoms with E-state index in [9.17, 15) is 19.7 Å². The van der Waals surface area contributed by atoms with Gasteiger partial charge in [-0.2, -0.15) is 0 Å². The van der Waals surface area contributed by atoms with Gasteiger partial charge in [0, 0.05) is 18.2 Å². The van der Waals surface area contributed by atoms with Gasteiger partial charge in [-0.25, -0.2) is 0 Å². The molecule has 9 nitrogen and oxygen atoms in total. The summed E-state index contributed by atoms with van der Waals surface area (Å²) in [4.78, 5) is 37.6. The Morgan fingerprint density at radius 1 is 1.30 bits per heavy atom. The number of ether oxygens (including phenoxy) is 2. The number of carbonyl (C=O) groups is 2. The second kappa shape index (κ2) is 9.11. The first-order valence-electron chi connectivity index (χ1n) is 10.2. The zero-order chi connectivity index (χ0) is 21.9. The van der Waals surface area contributed by atoms with Gasteiger partial charge in [-0.15, -0.1) is 11.8 Å². The third kappa shape index (κ3) is 4.33. The average molecular weight is 438 g/mol. The van der Waals surface area contributed by atoms with Crippen molar-refractivity contribution in [3.63, 3.8) is 0 Å². The van der Waals surface area contributed by atoms with Crippen LogP contribution in [0.25, 0.3) is 0 Å². The Morgan fingerprint density at radius 2 is 1.93 bits per heavy atom. The summed E-state index contributed by atoms with van der Waals surface area (Å²) < 4.78 is 11.3. The van der Waals surface area contributed by atoms with Crippen LogP contribution in [0.4, 0.5) is 11.4 Å². The Bertz CT molecular complexity index is 848. The SMILES string of the molecule is CCCOc1cc(NC(=O)C2CSC3(C)CCC(=O)N23)c([N+](=O)[O-])cc1OCCC. The van der Waals surface area contributed by atoms with E-state index < -0.39 is 21.7 Å². The molecule has 2 fully saturated rings. The third-order valence-electron chi connectivity index (χ3n) is 5.19. The topological polar surface area (TPSA) is 111 Å². The lowest BCUT2D eigenvalue weighted by Crippen LogP contribution is -2.48. The number of benzene rings is 1. The summed E-state index contributed by atoms with van der Waals surface area (Å²) in [6, 6.07) is 2.06. The molecule has 164 valence electrons. The van der Waals surface area contributed by atoms with E-state index in [0.29, 0.717) is 37.6 Å². The second-order valence-electron chi connectivity index (χ2n) is 7.52. The van der Waals surface area contributed by atoms with Gasteiger partial charge in [0.2, 0.25) is 11.8 Å². The van der Waals surface area contributed by atoms with E-state index in [-0.39, 0.29) is 23.0 Å². The highest BCUT2D eigenvalue weighted by atomic mass is 32.2. The van der Waals surface area contributed by atoms with Gasteiger partial charge in [0.1, 0.15) is 11.7 Å². The van der Waals surface area contributed by atoms with Crippen LogP contribution in [0.1, 0.15) is 46.5 Å². The molecule has 2 aliphatic heterocycles. The highest BCUT2D eigenvalue weighted by molar-refractivity contribution is 8.01. The van der Waals surface area contributed by atoms with Crippen molar-refractivity contribution in [2.24, 2.45) is 0 Å². The summed E-state index contributed by atoms with van der Waals surface area (Å²) in [6.07, 6.45) is 2.59. The minimum atomic E-state index is -0.661. The predicted octanol–water partition coefficient (Wildman–Crippen LogP) is 3.56. The van der Waals surface area contributed by atoms with Gasteiger partial charge in [0.25, 0.3) is 5.69 Å². The Hall–Kier alpha value is -2.49. The van der Waals surface area contributed by atoms with Gasteiger partial charge >= 0.3 is 0 Å². The predicted molar refractivity (Wildman–Crippen MR) is 114 cm³/mol. The van der Waals surface area contributed by atoms with Crippen LogP contribution in [-0.2, 0) is 9.59 Å². The van der Waals surface area contributed by atoms with Crippen LogP contribution >= 0.6 is 11.8 Å². The highest BCUT2D eigenvalue weighted by Crippen LogP contribution is 2.47. The van der Waals surface area contributed by atoms with Gasteiger partial charge in [-0.05, 0) is 26.2 Å². The van der Waals surface area contributed by atoms with E-state index in [1.165, 1.54) is 12.1 Å². The number of amides is 2. The van der Waals surface area contributed by atoms with Crippen molar-refractivity contribution in [3.05, 3.63) is 22.2 Å². The molecule has 0 aromatic heterocycles. The van der Waals surface area contributed by atoms with Crippen molar-refractivity contribution in [1.29, 1.82) is 0 Å². The molecule has 3 rings (SSSR count). The number of thioether (sulfide) groups is 1. The van der Waals surface area contributed by atoms with Crippen LogP contribution in [0.2, 0.25) is 0 Å². The molecular formula is C20H27N3O6S. The molecule has 2 amide bonds. The van der Waals surface area contributed by atoms with E-state index in [1.807, 2.05) is 20.8 Å². The summed E-state index contributed by atoms with van der Waals surface area (Å²) in [6.45, 7) is 6.63. The molecular weight excluding hydrogens is 410 g/mol. The monoisotopic (exact) mass is 437 g/mol. The van der Waals surface area contributed by atoms with Crippen molar-refractivity contribution in [2.45, 2.75) is 57.4 Å². The number of nitrogens with zero attached hydrogens (tertiary/aromatic N) is 2. The van der Waals surface area contributed by atoms with Crippen LogP contribution in [0.15, 0.2) is 12.1 Å². The first-order valence-corrected chi connectivity index (χ1v) is 11.1. The molecule has 2 heterocycles. The number of nitro groups is 1. The molecule has 1 aromatic rings. The molecule has 0 radical (unpaired) electrons. The van der Waals surface area contributed by atoms with Crippen molar-refractivity contribution in [3.8, 4) is 11.5 Å². The fraction of sp³-hybridized carbons (Fsp3) is 0.600. The lowest BCUT2D eigenvalue weighted by molar-refractivity contribution is -0.384. The third-order valence-corrected chi connectivity index (χ3v) is 6.69. The molecule has 2 unspecified atom stereocenters. The molecule has 2 aliphatic rings. The largest absolute Gasteiger partial charge is 0.490 e. The maximum atomic E-state index is 13.0. The summed E-state index contributed by atoms with van der Waals surface area (Å²) >= 11 is 1.57. The lowest BCUT2D eigenvalue weighted by atomic mass is 10.2. The summed E-state index contributed by atoms with van der Waals surface area (Å²) in [5.41, 5.74) is -0.246. The van der Waals surface area contributed by atoms with Crippen LogP contribution in [0.5, 0.6) is 11.5 Å². The first-order chi connectivity index (χ1) is 14.3. The van der Waals surface area contributed by atoms with Gasteiger partial charge in [0.05, 0.1) is 29.1 Å². The number of hydrogen-bond donors (Lipinski definition) is 1. The Labute approximate surface area is 179 Å².